The zero-order chi connectivity index (χ0) is 20.3. The minimum Gasteiger partial charge on any atom is -0.497 e. The molecule has 0 aliphatic carbocycles. The van der Waals surface area contributed by atoms with E-state index in [-0.39, 0.29) is 18.1 Å². The smallest absolute Gasteiger partial charge is 0.253 e. The average Bonchev–Trinajstić information content (AvgIpc) is 2.78. The number of para-hydroxylation sites is 1. The molecule has 0 unspecified atom stereocenters. The Labute approximate surface area is 172 Å². The molecule has 29 heavy (non-hydrogen) atoms. The Bertz CT molecular complexity index is 847. The van der Waals surface area contributed by atoms with E-state index in [2.05, 4.69) is 4.90 Å². The summed E-state index contributed by atoms with van der Waals surface area (Å²) in [7, 11) is 3.37. The van der Waals surface area contributed by atoms with E-state index in [4.69, 9.17) is 14.2 Å². The van der Waals surface area contributed by atoms with Crippen molar-refractivity contribution in [3.8, 4) is 11.5 Å². The summed E-state index contributed by atoms with van der Waals surface area (Å²) in [6.07, 6.45) is 1.80. The topological polar surface area (TPSA) is 51.2 Å². The molecule has 1 amide bonds. The van der Waals surface area contributed by atoms with Crippen LogP contribution in [0, 0.1) is 0 Å². The van der Waals surface area contributed by atoms with Gasteiger partial charge in [0.05, 0.1) is 26.4 Å². The first kappa shape index (κ1) is 19.7. The van der Waals surface area contributed by atoms with Crippen LogP contribution in [0.4, 0.5) is 5.69 Å². The Morgan fingerprint density at radius 3 is 2.48 bits per heavy atom. The van der Waals surface area contributed by atoms with Gasteiger partial charge in [0.2, 0.25) is 0 Å². The van der Waals surface area contributed by atoms with Crippen molar-refractivity contribution in [1.82, 2.24) is 4.90 Å². The maximum atomic E-state index is 12.4. The third-order valence-corrected chi connectivity index (χ3v) is 5.97. The number of rotatable bonds is 5. The van der Waals surface area contributed by atoms with E-state index in [0.717, 1.165) is 55.2 Å². The molecule has 0 saturated carbocycles. The van der Waals surface area contributed by atoms with Crippen LogP contribution in [0.5, 0.6) is 11.5 Å². The van der Waals surface area contributed by atoms with Gasteiger partial charge < -0.3 is 19.1 Å². The molecule has 0 aromatic heterocycles. The quantitative estimate of drug-likeness (QED) is 0.777. The molecule has 0 atom stereocenters. The maximum Gasteiger partial charge on any atom is 0.253 e. The lowest BCUT2D eigenvalue weighted by molar-refractivity contribution is -0.145. The first-order valence-electron chi connectivity index (χ1n) is 10.1. The fourth-order valence-corrected chi connectivity index (χ4v) is 4.23. The van der Waals surface area contributed by atoms with Crippen LogP contribution in [-0.2, 0) is 16.1 Å². The molecule has 2 aromatic carbocycles. The number of nitrogens with zero attached hydrogens (tertiary/aromatic N) is 2. The second kappa shape index (κ2) is 8.43. The molecular formula is C23H28N2O4. The number of amides is 1. The second-order valence-corrected chi connectivity index (χ2v) is 7.74. The molecule has 4 rings (SSSR count). The highest BCUT2D eigenvalue weighted by Crippen LogP contribution is 2.34. The largest absolute Gasteiger partial charge is 0.497 e. The number of hydrogen-bond acceptors (Lipinski definition) is 5. The molecule has 1 spiro atoms. The number of benzene rings is 2. The highest BCUT2D eigenvalue weighted by atomic mass is 16.5. The molecule has 154 valence electrons. The average molecular weight is 396 g/mol. The van der Waals surface area contributed by atoms with Crippen molar-refractivity contribution in [3.63, 3.8) is 0 Å². The molecule has 0 bridgehead atoms. The first-order valence-corrected chi connectivity index (χ1v) is 10.1. The lowest BCUT2D eigenvalue weighted by atomic mass is 9.88. The summed E-state index contributed by atoms with van der Waals surface area (Å²) in [4.78, 5) is 16.7. The fourth-order valence-electron chi connectivity index (χ4n) is 4.23. The van der Waals surface area contributed by atoms with Gasteiger partial charge in [-0.15, -0.1) is 0 Å². The van der Waals surface area contributed by atoms with Gasteiger partial charge in [-0.05, 0) is 43.2 Å². The molecule has 2 fully saturated rings. The number of hydrogen-bond donors (Lipinski definition) is 0. The number of carbonyl (C=O) groups is 1. The van der Waals surface area contributed by atoms with Gasteiger partial charge in [-0.3, -0.25) is 9.69 Å². The van der Waals surface area contributed by atoms with Gasteiger partial charge in [-0.2, -0.15) is 0 Å². The van der Waals surface area contributed by atoms with Gasteiger partial charge in [0.15, 0.2) is 0 Å². The third-order valence-electron chi connectivity index (χ3n) is 5.97. The number of ether oxygens (including phenoxy) is 3. The summed E-state index contributed by atoms with van der Waals surface area (Å²) in [5.41, 5.74) is 1.80. The molecule has 2 heterocycles. The molecule has 2 aliphatic heterocycles. The van der Waals surface area contributed by atoms with Crippen LogP contribution in [-0.4, -0.2) is 56.9 Å². The number of morpholine rings is 1. The van der Waals surface area contributed by atoms with E-state index in [1.54, 1.807) is 14.2 Å². The van der Waals surface area contributed by atoms with E-state index >= 15 is 0 Å². The number of piperidine rings is 1. The van der Waals surface area contributed by atoms with Gasteiger partial charge in [0.25, 0.3) is 5.91 Å². The lowest BCUT2D eigenvalue weighted by Crippen LogP contribution is -2.58. The predicted molar refractivity (Wildman–Crippen MR) is 112 cm³/mol. The summed E-state index contributed by atoms with van der Waals surface area (Å²) < 4.78 is 17.0. The van der Waals surface area contributed by atoms with Crippen molar-refractivity contribution >= 4 is 11.6 Å². The maximum absolute atomic E-state index is 12.4. The predicted octanol–water partition coefficient (Wildman–Crippen LogP) is 3.10. The van der Waals surface area contributed by atoms with Crippen molar-refractivity contribution in [2.45, 2.75) is 25.0 Å². The van der Waals surface area contributed by atoms with Crippen molar-refractivity contribution < 1.29 is 19.0 Å². The number of likely N-dealkylation sites (tertiary alicyclic amines) is 1. The zero-order valence-corrected chi connectivity index (χ0v) is 17.1. The van der Waals surface area contributed by atoms with E-state index in [1.165, 1.54) is 0 Å². The third kappa shape index (κ3) is 4.23. The van der Waals surface area contributed by atoms with Crippen LogP contribution in [0.2, 0.25) is 0 Å². The summed E-state index contributed by atoms with van der Waals surface area (Å²) in [5.74, 6) is 1.74. The van der Waals surface area contributed by atoms with Crippen LogP contribution >= 0.6 is 0 Å². The summed E-state index contributed by atoms with van der Waals surface area (Å²) in [5, 5.41) is 0. The molecular weight excluding hydrogens is 368 g/mol. The fraction of sp³-hybridized carbons (Fsp3) is 0.435. The Hall–Kier alpha value is -2.57. The van der Waals surface area contributed by atoms with Crippen molar-refractivity contribution in [2.75, 3.05) is 45.4 Å². The molecule has 0 N–H and O–H groups in total. The number of anilines is 1. The Kier molecular flexibility index (Phi) is 5.74. The molecule has 6 heteroatoms. The van der Waals surface area contributed by atoms with Gasteiger partial charge in [-0.1, -0.05) is 18.2 Å². The normalized spacial score (nSPS) is 19.4. The van der Waals surface area contributed by atoms with Crippen molar-refractivity contribution in [3.05, 3.63) is 54.1 Å². The van der Waals surface area contributed by atoms with E-state index in [1.807, 2.05) is 53.4 Å². The van der Waals surface area contributed by atoms with Crippen LogP contribution < -0.4 is 14.4 Å². The molecule has 2 aliphatic rings. The summed E-state index contributed by atoms with van der Waals surface area (Å²) >= 11 is 0. The summed E-state index contributed by atoms with van der Waals surface area (Å²) in [6.45, 7) is 3.40. The first-order chi connectivity index (χ1) is 14.1. The minimum atomic E-state index is -0.265. The van der Waals surface area contributed by atoms with E-state index < -0.39 is 0 Å². The SMILES string of the molecule is COc1ccc(OC)c(CN2CCC3(CC2)CN(c2ccccc2)C(=O)CO3)c1. The monoisotopic (exact) mass is 396 g/mol. The standard InChI is InChI=1S/C23H28N2O4/c1-27-20-8-9-21(28-2)18(14-20)15-24-12-10-23(11-13-24)17-25(22(26)16-29-23)19-6-4-3-5-7-19/h3-9,14H,10-13,15-17H2,1-2H3. The van der Waals surface area contributed by atoms with Crippen molar-refractivity contribution in [1.29, 1.82) is 0 Å². The van der Waals surface area contributed by atoms with Crippen molar-refractivity contribution in [2.24, 2.45) is 0 Å². The lowest BCUT2D eigenvalue weighted by Gasteiger charge is -2.47. The van der Waals surface area contributed by atoms with E-state index in [9.17, 15) is 4.79 Å². The van der Waals surface area contributed by atoms with Crippen LogP contribution in [0.25, 0.3) is 0 Å². The Morgan fingerprint density at radius 2 is 1.79 bits per heavy atom. The van der Waals surface area contributed by atoms with Crippen LogP contribution in [0.3, 0.4) is 0 Å². The summed E-state index contributed by atoms with van der Waals surface area (Å²) in [6, 6.07) is 15.8. The highest BCUT2D eigenvalue weighted by molar-refractivity contribution is 5.95. The zero-order valence-electron chi connectivity index (χ0n) is 17.1. The van der Waals surface area contributed by atoms with Gasteiger partial charge in [-0.25, -0.2) is 0 Å². The van der Waals surface area contributed by atoms with Crippen LogP contribution in [0.1, 0.15) is 18.4 Å². The number of methoxy groups -OCH3 is 2. The molecule has 0 radical (unpaired) electrons. The van der Waals surface area contributed by atoms with Gasteiger partial charge in [0.1, 0.15) is 18.1 Å². The van der Waals surface area contributed by atoms with E-state index in [0.29, 0.717) is 6.54 Å². The Balaban J connectivity index is 1.42. The number of carbonyl (C=O) groups excluding carboxylic acids is 1. The molecule has 6 nitrogen and oxygen atoms in total. The molecule has 2 saturated heterocycles. The minimum absolute atomic E-state index is 0.0328. The molecule has 2 aromatic rings. The van der Waals surface area contributed by atoms with Gasteiger partial charge >= 0.3 is 0 Å². The van der Waals surface area contributed by atoms with Gasteiger partial charge in [0, 0.05) is 30.9 Å². The second-order valence-electron chi connectivity index (χ2n) is 7.74. The van der Waals surface area contributed by atoms with Crippen LogP contribution in [0.15, 0.2) is 48.5 Å². The Morgan fingerprint density at radius 1 is 1.03 bits per heavy atom. The highest BCUT2D eigenvalue weighted by Gasteiger charge is 2.42.